The maximum atomic E-state index is 12.3. The van der Waals surface area contributed by atoms with Gasteiger partial charge in [-0.05, 0) is 13.0 Å². The van der Waals surface area contributed by atoms with Crippen LogP contribution in [0.1, 0.15) is 45.4 Å². The van der Waals surface area contributed by atoms with E-state index in [9.17, 15) is 18.0 Å². The van der Waals surface area contributed by atoms with Gasteiger partial charge in [-0.15, -0.1) is 0 Å². The first-order valence-electron chi connectivity index (χ1n) is 6.39. The van der Waals surface area contributed by atoms with Crippen molar-refractivity contribution < 1.29 is 23.1 Å². The summed E-state index contributed by atoms with van der Waals surface area (Å²) >= 11 is 0. The van der Waals surface area contributed by atoms with E-state index in [2.05, 4.69) is 12.2 Å². The van der Waals surface area contributed by atoms with Gasteiger partial charge in [0.2, 0.25) is 0 Å². The Labute approximate surface area is 106 Å². The topological polar surface area (TPSA) is 49.3 Å². The fourth-order valence-electron chi connectivity index (χ4n) is 1.62. The van der Waals surface area contributed by atoms with Crippen molar-refractivity contribution in [3.05, 3.63) is 0 Å². The monoisotopic (exact) mass is 269 g/mol. The van der Waals surface area contributed by atoms with Crippen molar-refractivity contribution in [3.8, 4) is 0 Å². The first-order valence-corrected chi connectivity index (χ1v) is 6.39. The molecule has 2 N–H and O–H groups in total. The molecule has 0 bridgehead atoms. The maximum absolute atomic E-state index is 12.3. The average Bonchev–Trinajstić information content (AvgIpc) is 2.24. The summed E-state index contributed by atoms with van der Waals surface area (Å²) in [7, 11) is 0. The molecule has 0 fully saturated rings. The first kappa shape index (κ1) is 17.2. The lowest BCUT2D eigenvalue weighted by atomic mass is 10.1. The fourth-order valence-corrected chi connectivity index (χ4v) is 1.62. The Morgan fingerprint density at radius 1 is 1.17 bits per heavy atom. The molecule has 0 rings (SSSR count). The van der Waals surface area contributed by atoms with Gasteiger partial charge in [0.05, 0.1) is 0 Å². The molecule has 3 nitrogen and oxygen atoms in total. The predicted molar refractivity (Wildman–Crippen MR) is 63.4 cm³/mol. The minimum Gasteiger partial charge on any atom is -0.481 e. The Morgan fingerprint density at radius 2 is 1.72 bits per heavy atom. The number of aliphatic carboxylic acids is 1. The second kappa shape index (κ2) is 9.19. The molecule has 0 aromatic heterocycles. The van der Waals surface area contributed by atoms with Gasteiger partial charge >= 0.3 is 12.1 Å². The van der Waals surface area contributed by atoms with Crippen LogP contribution < -0.4 is 5.32 Å². The van der Waals surface area contributed by atoms with E-state index < -0.39 is 24.6 Å². The highest BCUT2D eigenvalue weighted by Gasteiger charge is 2.44. The van der Waals surface area contributed by atoms with Crippen LogP contribution in [0.15, 0.2) is 0 Å². The molecule has 18 heavy (non-hydrogen) atoms. The number of carboxylic acid groups (broad SMARTS) is 1. The summed E-state index contributed by atoms with van der Waals surface area (Å²) in [6, 6.07) is 0. The van der Waals surface area contributed by atoms with Gasteiger partial charge in [-0.25, -0.2) is 0 Å². The largest absolute Gasteiger partial charge is 0.481 e. The molecule has 0 aromatic carbocycles. The number of unbranched alkanes of at least 4 members (excludes halogenated alkanes) is 5. The van der Waals surface area contributed by atoms with Crippen molar-refractivity contribution in [2.45, 2.75) is 51.6 Å². The number of hydrogen-bond donors (Lipinski definition) is 2. The summed E-state index contributed by atoms with van der Waals surface area (Å²) in [4.78, 5) is 10.4. The number of hydrogen-bond acceptors (Lipinski definition) is 2. The molecule has 1 unspecified atom stereocenters. The van der Waals surface area contributed by atoms with E-state index in [4.69, 9.17) is 5.11 Å². The van der Waals surface area contributed by atoms with E-state index in [1.54, 1.807) is 0 Å². The SMILES string of the molecule is CCCCCCCCNCC(C(=O)O)C(F)(F)F. The minimum absolute atomic E-state index is 0.436. The summed E-state index contributed by atoms with van der Waals surface area (Å²) in [5.74, 6) is -4.13. The highest BCUT2D eigenvalue weighted by atomic mass is 19.4. The van der Waals surface area contributed by atoms with Crippen molar-refractivity contribution in [2.75, 3.05) is 13.1 Å². The predicted octanol–water partition coefficient (Wildman–Crippen LogP) is 3.20. The normalized spacial score (nSPS) is 13.6. The summed E-state index contributed by atoms with van der Waals surface area (Å²) < 4.78 is 36.8. The lowest BCUT2D eigenvalue weighted by Gasteiger charge is -2.16. The molecule has 0 aliphatic carbocycles. The molecule has 6 heteroatoms. The number of alkyl halides is 3. The number of halogens is 3. The number of carbonyl (C=O) groups is 1. The van der Waals surface area contributed by atoms with E-state index >= 15 is 0 Å². The Kier molecular flexibility index (Phi) is 8.79. The van der Waals surface area contributed by atoms with Crippen molar-refractivity contribution in [1.29, 1.82) is 0 Å². The number of rotatable bonds is 10. The van der Waals surface area contributed by atoms with Gasteiger partial charge in [0.15, 0.2) is 5.92 Å². The lowest BCUT2D eigenvalue weighted by molar-refractivity contribution is -0.192. The Morgan fingerprint density at radius 3 is 2.22 bits per heavy atom. The molecule has 0 aliphatic heterocycles. The third-order valence-electron chi connectivity index (χ3n) is 2.75. The number of carboxylic acids is 1. The van der Waals surface area contributed by atoms with Crippen LogP contribution in [-0.4, -0.2) is 30.3 Å². The van der Waals surface area contributed by atoms with Crippen molar-refractivity contribution in [2.24, 2.45) is 5.92 Å². The van der Waals surface area contributed by atoms with Gasteiger partial charge in [-0.1, -0.05) is 39.0 Å². The van der Waals surface area contributed by atoms with Crippen LogP contribution >= 0.6 is 0 Å². The van der Waals surface area contributed by atoms with E-state index in [0.717, 1.165) is 32.1 Å². The Bertz CT molecular complexity index is 232. The van der Waals surface area contributed by atoms with Gasteiger partial charge in [0.1, 0.15) is 0 Å². The van der Waals surface area contributed by atoms with Crippen LogP contribution in [-0.2, 0) is 4.79 Å². The van der Waals surface area contributed by atoms with Crippen LogP contribution in [0.25, 0.3) is 0 Å². The third-order valence-corrected chi connectivity index (χ3v) is 2.75. The smallest absolute Gasteiger partial charge is 0.403 e. The van der Waals surface area contributed by atoms with Crippen molar-refractivity contribution >= 4 is 5.97 Å². The molecule has 0 saturated heterocycles. The van der Waals surface area contributed by atoms with Gasteiger partial charge in [0, 0.05) is 6.54 Å². The summed E-state index contributed by atoms with van der Waals surface area (Å²) in [6.07, 6.45) is 1.64. The highest BCUT2D eigenvalue weighted by Crippen LogP contribution is 2.25. The van der Waals surface area contributed by atoms with Crippen molar-refractivity contribution in [3.63, 3.8) is 0 Å². The lowest BCUT2D eigenvalue weighted by Crippen LogP contribution is -2.39. The summed E-state index contributed by atoms with van der Waals surface area (Å²) in [5.41, 5.74) is 0. The minimum atomic E-state index is -4.68. The van der Waals surface area contributed by atoms with Crippen LogP contribution in [0, 0.1) is 5.92 Å². The zero-order valence-corrected chi connectivity index (χ0v) is 10.7. The molecule has 0 heterocycles. The van der Waals surface area contributed by atoms with Gasteiger partial charge in [0.25, 0.3) is 0 Å². The Balaban J connectivity index is 3.60. The van der Waals surface area contributed by atoms with E-state index in [1.165, 1.54) is 6.42 Å². The van der Waals surface area contributed by atoms with Gasteiger partial charge < -0.3 is 10.4 Å². The summed E-state index contributed by atoms with van der Waals surface area (Å²) in [6.45, 7) is 2.00. The molecule has 108 valence electrons. The van der Waals surface area contributed by atoms with Crippen molar-refractivity contribution in [1.82, 2.24) is 5.32 Å². The third kappa shape index (κ3) is 8.33. The van der Waals surface area contributed by atoms with E-state index in [-0.39, 0.29) is 0 Å². The van der Waals surface area contributed by atoms with Crippen LogP contribution in [0.3, 0.4) is 0 Å². The van der Waals surface area contributed by atoms with E-state index in [1.807, 2.05) is 0 Å². The van der Waals surface area contributed by atoms with Crippen LogP contribution in [0.4, 0.5) is 13.2 Å². The Hall–Kier alpha value is -0.780. The van der Waals surface area contributed by atoms with Gasteiger partial charge in [-0.3, -0.25) is 4.79 Å². The molecule has 0 aliphatic rings. The second-order valence-electron chi connectivity index (χ2n) is 4.40. The molecular weight excluding hydrogens is 247 g/mol. The molecule has 0 radical (unpaired) electrons. The molecular formula is C12H22F3NO2. The molecule has 0 aromatic rings. The maximum Gasteiger partial charge on any atom is 0.403 e. The van der Waals surface area contributed by atoms with Crippen LogP contribution in [0.2, 0.25) is 0 Å². The molecule has 0 amide bonds. The standard InChI is InChI=1S/C12H22F3NO2/c1-2-3-4-5-6-7-8-16-9-10(11(17)18)12(13,14)15/h10,16H,2-9H2,1H3,(H,17,18). The molecule has 0 spiro atoms. The zero-order chi connectivity index (χ0) is 14.0. The van der Waals surface area contributed by atoms with E-state index in [0.29, 0.717) is 6.54 Å². The molecule has 0 saturated carbocycles. The number of nitrogens with one attached hydrogen (secondary N) is 1. The molecule has 1 atom stereocenters. The highest BCUT2D eigenvalue weighted by molar-refractivity contribution is 5.71. The summed E-state index contributed by atoms with van der Waals surface area (Å²) in [5, 5.41) is 11.0. The first-order chi connectivity index (χ1) is 8.39. The fraction of sp³-hybridized carbons (Fsp3) is 0.917. The quantitative estimate of drug-likeness (QED) is 0.599. The van der Waals surface area contributed by atoms with Crippen LogP contribution in [0.5, 0.6) is 0 Å². The zero-order valence-electron chi connectivity index (χ0n) is 10.7. The van der Waals surface area contributed by atoms with Gasteiger partial charge in [-0.2, -0.15) is 13.2 Å². The second-order valence-corrected chi connectivity index (χ2v) is 4.40. The average molecular weight is 269 g/mol.